The number of aryl methyl sites for hydroxylation is 1. The van der Waals surface area contributed by atoms with Crippen LogP contribution in [-0.2, 0) is 16.6 Å². The monoisotopic (exact) mass is 519 g/mol. The standard InChI is InChI=1S/C28H29N3O3S2/c1-21-8-10-22(11-9-21)20-31(36(2,33)34)25-12-13-26-23(18-25)19-27(35-26)28(32)30-16-14-29(15-17-30)24-6-4-3-5-7-24/h3-13,18-19H,14-17,20H2,1-2H3. The van der Waals surface area contributed by atoms with Gasteiger partial charge in [-0.2, -0.15) is 0 Å². The summed E-state index contributed by atoms with van der Waals surface area (Å²) in [5.74, 6) is 0.0325. The summed E-state index contributed by atoms with van der Waals surface area (Å²) in [6.45, 7) is 5.20. The van der Waals surface area contributed by atoms with Gasteiger partial charge in [0, 0.05) is 36.6 Å². The zero-order valence-corrected chi connectivity index (χ0v) is 22.1. The first kappa shape index (κ1) is 24.3. The van der Waals surface area contributed by atoms with E-state index >= 15 is 0 Å². The van der Waals surface area contributed by atoms with Gasteiger partial charge in [0.2, 0.25) is 10.0 Å². The number of benzene rings is 3. The summed E-state index contributed by atoms with van der Waals surface area (Å²) in [6, 6.07) is 25.6. The molecule has 1 saturated heterocycles. The van der Waals surface area contributed by atoms with Crippen LogP contribution in [0.3, 0.4) is 0 Å². The van der Waals surface area contributed by atoms with Gasteiger partial charge in [0.15, 0.2) is 0 Å². The first-order valence-electron chi connectivity index (χ1n) is 11.9. The highest BCUT2D eigenvalue weighted by molar-refractivity contribution is 7.92. The molecule has 0 N–H and O–H groups in total. The molecule has 186 valence electrons. The lowest BCUT2D eigenvalue weighted by Gasteiger charge is -2.35. The van der Waals surface area contributed by atoms with Crippen LogP contribution in [0.25, 0.3) is 10.1 Å². The van der Waals surface area contributed by atoms with E-state index in [0.29, 0.717) is 23.7 Å². The molecule has 1 aliphatic rings. The third-order valence-electron chi connectivity index (χ3n) is 6.53. The van der Waals surface area contributed by atoms with E-state index in [1.807, 2.05) is 78.6 Å². The number of carbonyl (C=O) groups excluding carboxylic acids is 1. The first-order chi connectivity index (χ1) is 17.3. The quantitative estimate of drug-likeness (QED) is 0.354. The fraction of sp³-hybridized carbons (Fsp3) is 0.250. The molecule has 1 aromatic heterocycles. The molecule has 0 spiro atoms. The topological polar surface area (TPSA) is 60.9 Å². The molecule has 36 heavy (non-hydrogen) atoms. The molecule has 1 aliphatic heterocycles. The van der Waals surface area contributed by atoms with E-state index in [1.54, 1.807) is 0 Å². The van der Waals surface area contributed by atoms with E-state index in [-0.39, 0.29) is 12.5 Å². The lowest BCUT2D eigenvalue weighted by molar-refractivity contribution is 0.0751. The zero-order chi connectivity index (χ0) is 25.3. The Bertz CT molecular complexity index is 1470. The van der Waals surface area contributed by atoms with Crippen LogP contribution in [0.4, 0.5) is 11.4 Å². The van der Waals surface area contributed by atoms with Crippen LogP contribution in [-0.4, -0.2) is 51.7 Å². The van der Waals surface area contributed by atoms with E-state index in [2.05, 4.69) is 17.0 Å². The van der Waals surface area contributed by atoms with Crippen molar-refractivity contribution in [1.82, 2.24) is 4.90 Å². The summed E-state index contributed by atoms with van der Waals surface area (Å²) in [4.78, 5) is 18.2. The summed E-state index contributed by atoms with van der Waals surface area (Å²) in [5.41, 5.74) is 3.82. The molecule has 0 saturated carbocycles. The van der Waals surface area contributed by atoms with Crippen LogP contribution in [0.5, 0.6) is 0 Å². The van der Waals surface area contributed by atoms with Crippen LogP contribution < -0.4 is 9.21 Å². The highest BCUT2D eigenvalue weighted by Crippen LogP contribution is 2.32. The molecule has 4 aromatic rings. The van der Waals surface area contributed by atoms with Crippen molar-refractivity contribution in [3.8, 4) is 0 Å². The molecule has 0 radical (unpaired) electrons. The third kappa shape index (κ3) is 5.24. The number of thiophene rings is 1. The van der Waals surface area contributed by atoms with Gasteiger partial charge < -0.3 is 9.80 Å². The lowest BCUT2D eigenvalue weighted by Crippen LogP contribution is -2.48. The number of nitrogens with zero attached hydrogens (tertiary/aromatic N) is 3. The average Bonchev–Trinajstić information content (AvgIpc) is 3.31. The predicted octanol–water partition coefficient (Wildman–Crippen LogP) is 5.14. The van der Waals surface area contributed by atoms with Crippen LogP contribution >= 0.6 is 11.3 Å². The largest absolute Gasteiger partial charge is 0.368 e. The highest BCUT2D eigenvalue weighted by atomic mass is 32.2. The number of fused-ring (bicyclic) bond motifs is 1. The number of rotatable bonds is 6. The van der Waals surface area contributed by atoms with Crippen LogP contribution in [0.2, 0.25) is 0 Å². The molecular formula is C28H29N3O3S2. The van der Waals surface area contributed by atoms with Crippen molar-refractivity contribution >= 4 is 48.7 Å². The van der Waals surface area contributed by atoms with Crippen LogP contribution in [0, 0.1) is 6.92 Å². The maximum atomic E-state index is 13.3. The Morgan fingerprint density at radius 2 is 1.61 bits per heavy atom. The van der Waals surface area contributed by atoms with Gasteiger partial charge in [0.05, 0.1) is 23.4 Å². The minimum atomic E-state index is -3.49. The highest BCUT2D eigenvalue weighted by Gasteiger charge is 2.24. The summed E-state index contributed by atoms with van der Waals surface area (Å²) in [7, 11) is -3.49. The molecule has 2 heterocycles. The fourth-order valence-corrected chi connectivity index (χ4v) is 6.40. The van der Waals surface area contributed by atoms with Crippen molar-refractivity contribution in [3.63, 3.8) is 0 Å². The zero-order valence-electron chi connectivity index (χ0n) is 20.4. The molecule has 0 aliphatic carbocycles. The van der Waals surface area contributed by atoms with Gasteiger partial charge in [0.1, 0.15) is 0 Å². The average molecular weight is 520 g/mol. The molecule has 5 rings (SSSR count). The maximum Gasteiger partial charge on any atom is 0.264 e. The Labute approximate surface area is 216 Å². The van der Waals surface area contributed by atoms with Crippen molar-refractivity contribution < 1.29 is 13.2 Å². The molecule has 3 aromatic carbocycles. The fourth-order valence-electron chi connectivity index (χ4n) is 4.51. The Hall–Kier alpha value is -3.36. The van der Waals surface area contributed by atoms with Crippen molar-refractivity contribution in [3.05, 3.63) is 94.9 Å². The number of sulfonamides is 1. The van der Waals surface area contributed by atoms with E-state index in [0.717, 1.165) is 34.3 Å². The van der Waals surface area contributed by atoms with Crippen molar-refractivity contribution in [1.29, 1.82) is 0 Å². The van der Waals surface area contributed by atoms with Gasteiger partial charge in [-0.3, -0.25) is 9.10 Å². The molecule has 8 heteroatoms. The molecule has 0 unspecified atom stereocenters. The predicted molar refractivity (Wildman–Crippen MR) is 149 cm³/mol. The number of carbonyl (C=O) groups is 1. The molecular weight excluding hydrogens is 490 g/mol. The first-order valence-corrected chi connectivity index (χ1v) is 14.6. The van der Waals surface area contributed by atoms with Crippen molar-refractivity contribution in [2.45, 2.75) is 13.5 Å². The second kappa shape index (κ2) is 9.95. The van der Waals surface area contributed by atoms with E-state index < -0.39 is 10.0 Å². The summed E-state index contributed by atoms with van der Waals surface area (Å²) < 4.78 is 27.7. The van der Waals surface area contributed by atoms with Gasteiger partial charge in [-0.05, 0) is 54.3 Å². The molecule has 6 nitrogen and oxygen atoms in total. The van der Waals surface area contributed by atoms with Crippen molar-refractivity contribution in [2.75, 3.05) is 41.6 Å². The van der Waals surface area contributed by atoms with E-state index in [1.165, 1.54) is 27.6 Å². The third-order valence-corrected chi connectivity index (χ3v) is 8.78. The second-order valence-corrected chi connectivity index (χ2v) is 12.2. The smallest absolute Gasteiger partial charge is 0.264 e. The Kier molecular flexibility index (Phi) is 6.73. The number of hydrogen-bond acceptors (Lipinski definition) is 5. The van der Waals surface area contributed by atoms with Crippen LogP contribution in [0.15, 0.2) is 78.9 Å². The maximum absolute atomic E-state index is 13.3. The number of para-hydroxylation sites is 1. The van der Waals surface area contributed by atoms with E-state index in [9.17, 15) is 13.2 Å². The second-order valence-electron chi connectivity index (χ2n) is 9.20. The lowest BCUT2D eigenvalue weighted by atomic mass is 10.1. The Balaban J connectivity index is 1.34. The van der Waals surface area contributed by atoms with Gasteiger partial charge in [0.25, 0.3) is 5.91 Å². The van der Waals surface area contributed by atoms with Gasteiger partial charge in [-0.1, -0.05) is 48.0 Å². The number of amides is 1. The van der Waals surface area contributed by atoms with Gasteiger partial charge >= 0.3 is 0 Å². The summed E-state index contributed by atoms with van der Waals surface area (Å²) >= 11 is 1.46. The van der Waals surface area contributed by atoms with Gasteiger partial charge in [-0.25, -0.2) is 8.42 Å². The molecule has 1 amide bonds. The van der Waals surface area contributed by atoms with Crippen LogP contribution in [0.1, 0.15) is 20.8 Å². The number of piperazine rings is 1. The SMILES string of the molecule is Cc1ccc(CN(c2ccc3sc(C(=O)N4CCN(c5ccccc5)CC4)cc3c2)S(C)(=O)=O)cc1. The molecule has 0 bridgehead atoms. The summed E-state index contributed by atoms with van der Waals surface area (Å²) in [6.07, 6.45) is 1.23. The summed E-state index contributed by atoms with van der Waals surface area (Å²) in [5, 5.41) is 0.876. The minimum Gasteiger partial charge on any atom is -0.368 e. The Morgan fingerprint density at radius 1 is 0.917 bits per heavy atom. The number of hydrogen-bond donors (Lipinski definition) is 0. The van der Waals surface area contributed by atoms with E-state index in [4.69, 9.17) is 0 Å². The molecule has 1 fully saturated rings. The number of anilines is 2. The Morgan fingerprint density at radius 3 is 2.28 bits per heavy atom. The molecule has 0 atom stereocenters. The minimum absolute atomic E-state index is 0.0325. The normalized spacial score (nSPS) is 14.3. The van der Waals surface area contributed by atoms with Gasteiger partial charge in [-0.15, -0.1) is 11.3 Å². The van der Waals surface area contributed by atoms with Crippen molar-refractivity contribution in [2.24, 2.45) is 0 Å².